The third-order valence-electron chi connectivity index (χ3n) is 5.53. The van der Waals surface area contributed by atoms with Crippen LogP contribution in [-0.2, 0) is 19.1 Å². The third kappa shape index (κ3) is 3.46. The first-order valence-corrected chi connectivity index (χ1v) is 9.60. The lowest BCUT2D eigenvalue weighted by molar-refractivity contribution is -0.144. The molecular weight excluding hydrogens is 356 g/mol. The van der Waals surface area contributed by atoms with Crippen molar-refractivity contribution in [2.45, 2.75) is 25.6 Å². The standard InChI is InChI=1S/C19H23ClN2O4/c20-14-1-3-15(4-2-14)22-10-7-16(18(22)24)17(23)21-8-5-13(6-9-21)19-25-11-12-26-19/h1-4,13,16,19H,5-12H2. The van der Waals surface area contributed by atoms with Crippen molar-refractivity contribution >= 4 is 29.1 Å². The van der Waals surface area contributed by atoms with Gasteiger partial charge in [0.1, 0.15) is 5.92 Å². The summed E-state index contributed by atoms with van der Waals surface area (Å²) in [4.78, 5) is 29.1. The van der Waals surface area contributed by atoms with Crippen LogP contribution < -0.4 is 4.90 Å². The molecule has 1 aromatic carbocycles. The van der Waals surface area contributed by atoms with Crippen LogP contribution in [0.2, 0.25) is 5.02 Å². The number of carbonyl (C=O) groups excluding carboxylic acids is 2. The lowest BCUT2D eigenvalue weighted by Crippen LogP contribution is -2.45. The molecule has 3 heterocycles. The maximum Gasteiger partial charge on any atom is 0.239 e. The largest absolute Gasteiger partial charge is 0.350 e. The predicted octanol–water partition coefficient (Wildman–Crippen LogP) is 2.30. The number of anilines is 1. The summed E-state index contributed by atoms with van der Waals surface area (Å²) in [5, 5.41) is 0.631. The minimum absolute atomic E-state index is 0.0434. The van der Waals surface area contributed by atoms with Crippen LogP contribution >= 0.6 is 11.6 Å². The zero-order valence-electron chi connectivity index (χ0n) is 14.6. The van der Waals surface area contributed by atoms with Crippen LogP contribution in [0, 0.1) is 11.8 Å². The van der Waals surface area contributed by atoms with E-state index in [2.05, 4.69) is 0 Å². The van der Waals surface area contributed by atoms with E-state index in [0.29, 0.717) is 50.2 Å². The van der Waals surface area contributed by atoms with Gasteiger partial charge >= 0.3 is 0 Å². The second-order valence-corrected chi connectivity index (χ2v) is 7.52. The third-order valence-corrected chi connectivity index (χ3v) is 5.78. The number of nitrogens with zero attached hydrogens (tertiary/aromatic N) is 2. The average Bonchev–Trinajstić information content (AvgIpc) is 3.32. The second kappa shape index (κ2) is 7.55. The van der Waals surface area contributed by atoms with Crippen LogP contribution in [-0.4, -0.2) is 55.9 Å². The van der Waals surface area contributed by atoms with Crippen LogP contribution in [0.15, 0.2) is 24.3 Å². The van der Waals surface area contributed by atoms with Gasteiger partial charge in [-0.2, -0.15) is 0 Å². The number of likely N-dealkylation sites (tertiary alicyclic amines) is 1. The number of ether oxygens (including phenoxy) is 2. The summed E-state index contributed by atoms with van der Waals surface area (Å²) in [7, 11) is 0. The molecule has 4 rings (SSSR count). The predicted molar refractivity (Wildman–Crippen MR) is 96.9 cm³/mol. The van der Waals surface area contributed by atoms with Gasteiger partial charge < -0.3 is 19.3 Å². The van der Waals surface area contributed by atoms with Crippen molar-refractivity contribution in [2.75, 3.05) is 37.7 Å². The first-order valence-electron chi connectivity index (χ1n) is 9.22. The van der Waals surface area contributed by atoms with Gasteiger partial charge in [-0.15, -0.1) is 0 Å². The van der Waals surface area contributed by atoms with Gasteiger partial charge in [0.05, 0.1) is 13.2 Å². The van der Waals surface area contributed by atoms with Crippen LogP contribution in [0.3, 0.4) is 0 Å². The maximum absolute atomic E-state index is 12.9. The lowest BCUT2D eigenvalue weighted by atomic mass is 9.94. The number of piperidine rings is 1. The highest BCUT2D eigenvalue weighted by atomic mass is 35.5. The van der Waals surface area contributed by atoms with E-state index < -0.39 is 5.92 Å². The van der Waals surface area contributed by atoms with Crippen molar-refractivity contribution in [3.63, 3.8) is 0 Å². The van der Waals surface area contributed by atoms with E-state index in [-0.39, 0.29) is 18.1 Å². The van der Waals surface area contributed by atoms with E-state index >= 15 is 0 Å². The second-order valence-electron chi connectivity index (χ2n) is 7.08. The Morgan fingerprint density at radius 2 is 1.65 bits per heavy atom. The van der Waals surface area contributed by atoms with E-state index in [0.717, 1.165) is 18.5 Å². The Morgan fingerprint density at radius 3 is 2.31 bits per heavy atom. The zero-order chi connectivity index (χ0) is 18.1. The first-order chi connectivity index (χ1) is 12.6. The highest BCUT2D eigenvalue weighted by molar-refractivity contribution is 6.30. The van der Waals surface area contributed by atoms with Crippen molar-refractivity contribution in [1.29, 1.82) is 0 Å². The highest BCUT2D eigenvalue weighted by Crippen LogP contribution is 2.30. The SMILES string of the molecule is O=C(C1CCN(c2ccc(Cl)cc2)C1=O)N1CCC(C2OCCO2)CC1. The molecule has 3 fully saturated rings. The Labute approximate surface area is 158 Å². The Balaban J connectivity index is 1.35. The summed E-state index contributed by atoms with van der Waals surface area (Å²) in [5.74, 6) is -0.382. The van der Waals surface area contributed by atoms with Crippen molar-refractivity contribution in [3.8, 4) is 0 Å². The van der Waals surface area contributed by atoms with Gasteiger partial charge in [0.2, 0.25) is 11.8 Å². The fraction of sp³-hybridized carbons (Fsp3) is 0.579. The molecule has 1 unspecified atom stereocenters. The quantitative estimate of drug-likeness (QED) is 0.757. The fourth-order valence-electron chi connectivity index (χ4n) is 4.05. The number of hydrogen-bond acceptors (Lipinski definition) is 4. The van der Waals surface area contributed by atoms with Crippen molar-refractivity contribution < 1.29 is 19.1 Å². The molecule has 140 valence electrons. The molecular formula is C19H23ClN2O4. The zero-order valence-corrected chi connectivity index (χ0v) is 15.4. The van der Waals surface area contributed by atoms with Gasteiger partial charge in [-0.3, -0.25) is 9.59 Å². The van der Waals surface area contributed by atoms with Gasteiger partial charge in [0.15, 0.2) is 6.29 Å². The molecule has 0 aliphatic carbocycles. The number of amides is 2. The molecule has 26 heavy (non-hydrogen) atoms. The fourth-order valence-corrected chi connectivity index (χ4v) is 4.17. The minimum atomic E-state index is -0.568. The molecule has 0 radical (unpaired) electrons. The molecule has 1 atom stereocenters. The van der Waals surface area contributed by atoms with E-state index in [1.54, 1.807) is 17.0 Å². The lowest BCUT2D eigenvalue weighted by Gasteiger charge is -2.34. The molecule has 1 aromatic rings. The van der Waals surface area contributed by atoms with Crippen molar-refractivity contribution in [3.05, 3.63) is 29.3 Å². The molecule has 0 saturated carbocycles. The summed E-state index contributed by atoms with van der Waals surface area (Å²) in [5.41, 5.74) is 0.795. The van der Waals surface area contributed by atoms with Gasteiger partial charge in [-0.05, 0) is 43.5 Å². The molecule has 2 amide bonds. The number of benzene rings is 1. The molecule has 0 spiro atoms. The van der Waals surface area contributed by atoms with Crippen LogP contribution in [0.1, 0.15) is 19.3 Å². The van der Waals surface area contributed by atoms with Gasteiger partial charge in [0.25, 0.3) is 0 Å². The Bertz CT molecular complexity index is 667. The monoisotopic (exact) mass is 378 g/mol. The Morgan fingerprint density at radius 1 is 1.00 bits per heavy atom. The Kier molecular flexibility index (Phi) is 5.16. The van der Waals surface area contributed by atoms with E-state index in [1.165, 1.54) is 0 Å². The van der Waals surface area contributed by atoms with Gasteiger partial charge in [-0.1, -0.05) is 11.6 Å². The highest BCUT2D eigenvalue weighted by Gasteiger charge is 2.41. The molecule has 6 nitrogen and oxygen atoms in total. The van der Waals surface area contributed by atoms with E-state index in [4.69, 9.17) is 21.1 Å². The normalized spacial score (nSPS) is 25.3. The molecule has 0 aromatic heterocycles. The number of halogens is 1. The first kappa shape index (κ1) is 17.8. The molecule has 0 N–H and O–H groups in total. The van der Waals surface area contributed by atoms with Crippen molar-refractivity contribution in [2.24, 2.45) is 11.8 Å². The number of carbonyl (C=O) groups is 2. The molecule has 3 aliphatic heterocycles. The summed E-state index contributed by atoms with van der Waals surface area (Å²) in [6.07, 6.45) is 2.16. The molecule has 0 bridgehead atoms. The number of hydrogen-bond donors (Lipinski definition) is 0. The molecule has 3 saturated heterocycles. The smallest absolute Gasteiger partial charge is 0.239 e. The summed E-state index contributed by atoms with van der Waals surface area (Å²) >= 11 is 5.91. The number of rotatable bonds is 3. The summed E-state index contributed by atoms with van der Waals surface area (Å²) in [6, 6.07) is 7.16. The van der Waals surface area contributed by atoms with Crippen molar-refractivity contribution in [1.82, 2.24) is 4.90 Å². The average molecular weight is 379 g/mol. The van der Waals surface area contributed by atoms with Crippen LogP contribution in [0.5, 0.6) is 0 Å². The van der Waals surface area contributed by atoms with Gasteiger partial charge in [0, 0.05) is 36.3 Å². The molecule has 3 aliphatic rings. The summed E-state index contributed by atoms with van der Waals surface area (Å²) < 4.78 is 11.2. The van der Waals surface area contributed by atoms with E-state index in [1.807, 2.05) is 17.0 Å². The topological polar surface area (TPSA) is 59.1 Å². The van der Waals surface area contributed by atoms with E-state index in [9.17, 15) is 9.59 Å². The summed E-state index contributed by atoms with van der Waals surface area (Å²) in [6.45, 7) is 3.20. The molecule has 7 heteroatoms. The minimum Gasteiger partial charge on any atom is -0.350 e. The maximum atomic E-state index is 12.9. The van der Waals surface area contributed by atoms with Crippen LogP contribution in [0.25, 0.3) is 0 Å². The van der Waals surface area contributed by atoms with Gasteiger partial charge in [-0.25, -0.2) is 0 Å². The Hall–Kier alpha value is -1.63. The van der Waals surface area contributed by atoms with Crippen LogP contribution in [0.4, 0.5) is 5.69 Å².